The van der Waals surface area contributed by atoms with Gasteiger partial charge in [-0.1, -0.05) is 12.1 Å². The zero-order valence-electron chi connectivity index (χ0n) is 10.8. The molecule has 0 saturated carbocycles. The normalized spacial score (nSPS) is 11.8. The molecule has 7 heteroatoms. The summed E-state index contributed by atoms with van der Waals surface area (Å²) in [4.78, 5) is 0. The topological polar surface area (TPSA) is 102 Å². The van der Waals surface area contributed by atoms with Gasteiger partial charge in [0.2, 0.25) is 0 Å². The number of H-pyrrole nitrogens is 2. The second-order valence-electron chi connectivity index (χ2n) is 4.57. The van der Waals surface area contributed by atoms with Crippen molar-refractivity contribution in [3.05, 3.63) is 42.7 Å². The molecule has 0 fully saturated rings. The SMILES string of the molecule is Oc1ccc(N=Nc2cccc3cn[nH]c23)c2cn[nH]c12. The van der Waals surface area contributed by atoms with Gasteiger partial charge in [0, 0.05) is 5.39 Å². The van der Waals surface area contributed by atoms with Crippen molar-refractivity contribution < 1.29 is 5.11 Å². The minimum absolute atomic E-state index is 0.136. The van der Waals surface area contributed by atoms with Gasteiger partial charge in [-0.25, -0.2) is 0 Å². The molecule has 2 heterocycles. The molecule has 102 valence electrons. The summed E-state index contributed by atoms with van der Waals surface area (Å²) >= 11 is 0. The fourth-order valence-corrected chi connectivity index (χ4v) is 2.24. The molecule has 0 unspecified atom stereocenters. The minimum atomic E-state index is 0.136. The Balaban J connectivity index is 1.82. The van der Waals surface area contributed by atoms with Gasteiger partial charge in [-0.05, 0) is 18.2 Å². The number of fused-ring (bicyclic) bond motifs is 2. The van der Waals surface area contributed by atoms with Gasteiger partial charge in [0.05, 0.1) is 29.0 Å². The third-order valence-electron chi connectivity index (χ3n) is 3.29. The van der Waals surface area contributed by atoms with Crippen LogP contribution in [0.5, 0.6) is 5.75 Å². The number of hydrogen-bond acceptors (Lipinski definition) is 5. The van der Waals surface area contributed by atoms with Crippen molar-refractivity contribution >= 4 is 33.2 Å². The first kappa shape index (κ1) is 11.6. The Morgan fingerprint density at radius 2 is 1.67 bits per heavy atom. The summed E-state index contributed by atoms with van der Waals surface area (Å²) in [6, 6.07) is 8.97. The highest BCUT2D eigenvalue weighted by atomic mass is 16.3. The van der Waals surface area contributed by atoms with Crippen molar-refractivity contribution in [2.75, 3.05) is 0 Å². The largest absolute Gasteiger partial charge is 0.506 e. The van der Waals surface area contributed by atoms with E-state index in [-0.39, 0.29) is 5.75 Å². The van der Waals surface area contributed by atoms with Crippen LogP contribution in [-0.2, 0) is 0 Å². The Bertz CT molecular complexity index is 968. The highest BCUT2D eigenvalue weighted by Gasteiger charge is 2.07. The van der Waals surface area contributed by atoms with Gasteiger partial charge in [0.1, 0.15) is 17.0 Å². The fourth-order valence-electron chi connectivity index (χ4n) is 2.24. The molecule has 3 N–H and O–H groups in total. The van der Waals surface area contributed by atoms with Gasteiger partial charge >= 0.3 is 0 Å². The maximum Gasteiger partial charge on any atom is 0.141 e. The number of benzene rings is 2. The zero-order chi connectivity index (χ0) is 14.2. The third-order valence-corrected chi connectivity index (χ3v) is 3.29. The van der Waals surface area contributed by atoms with Crippen LogP contribution in [0.15, 0.2) is 53.0 Å². The van der Waals surface area contributed by atoms with Crippen molar-refractivity contribution in [3.63, 3.8) is 0 Å². The van der Waals surface area contributed by atoms with Crippen LogP contribution in [-0.4, -0.2) is 25.5 Å². The van der Waals surface area contributed by atoms with Gasteiger partial charge in [-0.3, -0.25) is 10.2 Å². The lowest BCUT2D eigenvalue weighted by Gasteiger charge is -1.98. The van der Waals surface area contributed by atoms with E-state index in [0.717, 1.165) is 16.3 Å². The molecule has 7 nitrogen and oxygen atoms in total. The number of para-hydroxylation sites is 1. The Morgan fingerprint density at radius 3 is 2.62 bits per heavy atom. The van der Waals surface area contributed by atoms with E-state index in [1.807, 2.05) is 18.2 Å². The molecule has 2 aromatic carbocycles. The molecule has 0 radical (unpaired) electrons. The Labute approximate surface area is 118 Å². The molecular weight excluding hydrogens is 268 g/mol. The zero-order valence-corrected chi connectivity index (χ0v) is 10.8. The lowest BCUT2D eigenvalue weighted by atomic mass is 10.2. The maximum atomic E-state index is 9.73. The monoisotopic (exact) mass is 278 g/mol. The summed E-state index contributed by atoms with van der Waals surface area (Å²) in [5.74, 6) is 0.136. The summed E-state index contributed by atoms with van der Waals surface area (Å²) in [6.45, 7) is 0. The van der Waals surface area contributed by atoms with E-state index < -0.39 is 0 Å². The molecule has 0 atom stereocenters. The fraction of sp³-hybridized carbons (Fsp3) is 0. The first-order chi connectivity index (χ1) is 10.3. The van der Waals surface area contributed by atoms with Crippen molar-refractivity contribution in [2.24, 2.45) is 10.2 Å². The molecule has 4 aromatic rings. The predicted octanol–water partition coefficient (Wildman–Crippen LogP) is 3.56. The molecular formula is C14H10N6O. The van der Waals surface area contributed by atoms with Crippen LogP contribution < -0.4 is 0 Å². The molecule has 0 bridgehead atoms. The van der Waals surface area contributed by atoms with E-state index in [9.17, 15) is 5.11 Å². The smallest absolute Gasteiger partial charge is 0.141 e. The first-order valence-corrected chi connectivity index (χ1v) is 6.32. The van der Waals surface area contributed by atoms with Crippen LogP contribution in [0.1, 0.15) is 0 Å². The maximum absolute atomic E-state index is 9.73. The van der Waals surface area contributed by atoms with E-state index >= 15 is 0 Å². The van der Waals surface area contributed by atoms with Crippen molar-refractivity contribution in [1.82, 2.24) is 20.4 Å². The molecule has 0 aliphatic heterocycles. The molecule has 21 heavy (non-hydrogen) atoms. The van der Waals surface area contributed by atoms with E-state index in [2.05, 4.69) is 30.6 Å². The van der Waals surface area contributed by atoms with E-state index in [0.29, 0.717) is 16.9 Å². The van der Waals surface area contributed by atoms with E-state index in [4.69, 9.17) is 0 Å². The lowest BCUT2D eigenvalue weighted by Crippen LogP contribution is -1.73. The van der Waals surface area contributed by atoms with Gasteiger partial charge in [0.25, 0.3) is 0 Å². The lowest BCUT2D eigenvalue weighted by molar-refractivity contribution is 0.480. The van der Waals surface area contributed by atoms with Crippen LogP contribution in [0.3, 0.4) is 0 Å². The summed E-state index contributed by atoms with van der Waals surface area (Å²) < 4.78 is 0. The number of nitrogens with zero attached hydrogens (tertiary/aromatic N) is 4. The number of rotatable bonds is 2. The second-order valence-corrected chi connectivity index (χ2v) is 4.57. The van der Waals surface area contributed by atoms with Crippen LogP contribution >= 0.6 is 0 Å². The summed E-state index contributed by atoms with van der Waals surface area (Å²) in [7, 11) is 0. The summed E-state index contributed by atoms with van der Waals surface area (Å²) in [6.07, 6.45) is 3.35. The quantitative estimate of drug-likeness (QED) is 0.488. The van der Waals surface area contributed by atoms with Gasteiger partial charge in [0.15, 0.2) is 0 Å². The number of aromatic nitrogens is 4. The average molecular weight is 278 g/mol. The number of phenolic OH excluding ortho intramolecular Hbond substituents is 1. The number of hydrogen-bond donors (Lipinski definition) is 3. The van der Waals surface area contributed by atoms with Crippen molar-refractivity contribution in [2.45, 2.75) is 0 Å². The van der Waals surface area contributed by atoms with Crippen molar-refractivity contribution in [1.29, 1.82) is 0 Å². The van der Waals surface area contributed by atoms with E-state index in [1.54, 1.807) is 24.5 Å². The highest BCUT2D eigenvalue weighted by Crippen LogP contribution is 2.32. The molecule has 4 rings (SSSR count). The highest BCUT2D eigenvalue weighted by molar-refractivity contribution is 5.93. The molecule has 2 aromatic heterocycles. The average Bonchev–Trinajstić information content (AvgIpc) is 3.16. The standard InChI is InChI=1S/C14H10N6O/c21-12-5-4-10(9-7-16-20-14(9)12)17-18-11-3-1-2-8-6-15-19-13(8)11/h1-7,21H,(H,15,19)(H,16,20). The Morgan fingerprint density at radius 1 is 0.857 bits per heavy atom. The molecule has 0 aliphatic carbocycles. The predicted molar refractivity (Wildman–Crippen MR) is 78.0 cm³/mol. The van der Waals surface area contributed by atoms with Crippen LogP contribution in [0, 0.1) is 0 Å². The second kappa shape index (κ2) is 4.41. The van der Waals surface area contributed by atoms with Crippen LogP contribution in [0.2, 0.25) is 0 Å². The summed E-state index contributed by atoms with van der Waals surface area (Å²) in [5.41, 5.74) is 2.72. The van der Waals surface area contributed by atoms with Crippen LogP contribution in [0.4, 0.5) is 11.4 Å². The van der Waals surface area contributed by atoms with Crippen LogP contribution in [0.25, 0.3) is 21.8 Å². The van der Waals surface area contributed by atoms with Crippen molar-refractivity contribution in [3.8, 4) is 5.75 Å². The molecule has 0 aliphatic rings. The number of aromatic amines is 2. The molecule has 0 saturated heterocycles. The molecule has 0 spiro atoms. The number of nitrogens with one attached hydrogen (secondary N) is 2. The third kappa shape index (κ3) is 1.83. The number of phenols is 1. The minimum Gasteiger partial charge on any atom is -0.506 e. The Hall–Kier alpha value is -3.22. The van der Waals surface area contributed by atoms with Gasteiger partial charge in [-0.15, -0.1) is 10.2 Å². The number of aromatic hydroxyl groups is 1. The number of azo groups is 1. The molecule has 0 amide bonds. The summed E-state index contributed by atoms with van der Waals surface area (Å²) in [5, 5.41) is 33.5. The van der Waals surface area contributed by atoms with Gasteiger partial charge in [-0.2, -0.15) is 10.2 Å². The Kier molecular flexibility index (Phi) is 2.43. The first-order valence-electron chi connectivity index (χ1n) is 6.32. The van der Waals surface area contributed by atoms with E-state index in [1.165, 1.54) is 0 Å². The van der Waals surface area contributed by atoms with Gasteiger partial charge < -0.3 is 5.11 Å².